The third-order valence-corrected chi connectivity index (χ3v) is 2.35. The van der Waals surface area contributed by atoms with E-state index in [2.05, 4.69) is 15.9 Å². The molecule has 1 atom stereocenters. The summed E-state index contributed by atoms with van der Waals surface area (Å²) in [5.41, 5.74) is 0.470. The van der Waals surface area contributed by atoms with Crippen LogP contribution in [0.1, 0.15) is 12.5 Å². The predicted molar refractivity (Wildman–Crippen MR) is 61.2 cm³/mol. The SMILES string of the molecule is Cc1cc(Br)cc([N+](=O)[O-])c1OC(C)C#N. The maximum absolute atomic E-state index is 10.8. The third-order valence-electron chi connectivity index (χ3n) is 1.89. The van der Waals surface area contributed by atoms with Gasteiger partial charge in [0, 0.05) is 10.5 Å². The van der Waals surface area contributed by atoms with E-state index in [4.69, 9.17) is 10.00 Å². The second-order valence-corrected chi connectivity index (χ2v) is 4.13. The number of hydrogen-bond acceptors (Lipinski definition) is 4. The number of hydrogen-bond donors (Lipinski definition) is 0. The molecule has 0 amide bonds. The normalized spacial score (nSPS) is 11.6. The first-order valence-electron chi connectivity index (χ1n) is 4.46. The number of aryl methyl sites for hydroxylation is 1. The fourth-order valence-corrected chi connectivity index (χ4v) is 1.76. The van der Waals surface area contributed by atoms with Crippen LogP contribution in [0.3, 0.4) is 0 Å². The van der Waals surface area contributed by atoms with Crippen molar-refractivity contribution in [2.45, 2.75) is 20.0 Å². The first-order chi connectivity index (χ1) is 7.45. The minimum Gasteiger partial charge on any atom is -0.468 e. The van der Waals surface area contributed by atoms with Gasteiger partial charge in [-0.15, -0.1) is 0 Å². The number of nitrogens with zero attached hydrogens (tertiary/aromatic N) is 2. The number of benzene rings is 1. The molecule has 0 fully saturated rings. The van der Waals surface area contributed by atoms with Gasteiger partial charge < -0.3 is 4.74 Å². The average molecular weight is 285 g/mol. The zero-order valence-corrected chi connectivity index (χ0v) is 10.3. The molecule has 0 radical (unpaired) electrons. The lowest BCUT2D eigenvalue weighted by Crippen LogP contribution is -2.10. The summed E-state index contributed by atoms with van der Waals surface area (Å²) in [4.78, 5) is 10.3. The molecule has 16 heavy (non-hydrogen) atoms. The number of nitro groups is 1. The van der Waals surface area contributed by atoms with Gasteiger partial charge in [-0.25, -0.2) is 0 Å². The molecule has 1 aromatic carbocycles. The van der Waals surface area contributed by atoms with Crippen LogP contribution in [0, 0.1) is 28.4 Å². The quantitative estimate of drug-likeness (QED) is 0.632. The van der Waals surface area contributed by atoms with E-state index in [0.29, 0.717) is 10.0 Å². The highest BCUT2D eigenvalue weighted by atomic mass is 79.9. The van der Waals surface area contributed by atoms with E-state index < -0.39 is 11.0 Å². The summed E-state index contributed by atoms with van der Waals surface area (Å²) in [6.07, 6.45) is -0.724. The van der Waals surface area contributed by atoms with Crippen LogP contribution in [0.5, 0.6) is 5.75 Å². The largest absolute Gasteiger partial charge is 0.468 e. The van der Waals surface area contributed by atoms with E-state index in [1.54, 1.807) is 13.0 Å². The maximum atomic E-state index is 10.8. The number of ether oxygens (including phenoxy) is 1. The summed E-state index contributed by atoms with van der Waals surface area (Å²) in [5.74, 6) is 0.141. The van der Waals surface area contributed by atoms with Crippen LogP contribution >= 0.6 is 15.9 Å². The highest BCUT2D eigenvalue weighted by molar-refractivity contribution is 9.10. The molecule has 0 aliphatic carbocycles. The Labute approximate surface area is 101 Å². The molecule has 5 nitrogen and oxygen atoms in total. The Morgan fingerprint density at radius 2 is 2.25 bits per heavy atom. The van der Waals surface area contributed by atoms with Gasteiger partial charge in [-0.2, -0.15) is 5.26 Å². The van der Waals surface area contributed by atoms with Crippen molar-refractivity contribution in [2.75, 3.05) is 0 Å². The van der Waals surface area contributed by atoms with Crippen molar-refractivity contribution in [3.05, 3.63) is 32.3 Å². The monoisotopic (exact) mass is 284 g/mol. The lowest BCUT2D eigenvalue weighted by molar-refractivity contribution is -0.386. The standard InChI is InChI=1S/C10H9BrN2O3/c1-6-3-8(11)4-9(13(14)15)10(6)16-7(2)5-12/h3-4,7H,1-2H3. The van der Waals surface area contributed by atoms with E-state index in [1.165, 1.54) is 13.0 Å². The van der Waals surface area contributed by atoms with Crippen molar-refractivity contribution in [1.82, 2.24) is 0 Å². The van der Waals surface area contributed by atoms with E-state index in [1.807, 2.05) is 6.07 Å². The fourth-order valence-electron chi connectivity index (χ4n) is 1.20. The van der Waals surface area contributed by atoms with E-state index in [0.717, 1.165) is 0 Å². The van der Waals surface area contributed by atoms with E-state index in [9.17, 15) is 10.1 Å². The second kappa shape index (κ2) is 4.94. The Balaban J connectivity index is 3.25. The summed E-state index contributed by atoms with van der Waals surface area (Å²) in [5, 5.41) is 19.4. The molecule has 1 unspecified atom stereocenters. The van der Waals surface area contributed by atoms with Gasteiger partial charge in [0.05, 0.1) is 4.92 Å². The Kier molecular flexibility index (Phi) is 3.85. The Morgan fingerprint density at radius 1 is 1.62 bits per heavy atom. The highest BCUT2D eigenvalue weighted by Gasteiger charge is 2.20. The molecule has 0 saturated heterocycles. The maximum Gasteiger partial charge on any atom is 0.312 e. The predicted octanol–water partition coefficient (Wildman–Crippen LogP) is 2.96. The van der Waals surface area contributed by atoms with Crippen molar-refractivity contribution < 1.29 is 9.66 Å². The molecule has 1 aromatic rings. The van der Waals surface area contributed by atoms with Gasteiger partial charge in [0.1, 0.15) is 6.07 Å². The first kappa shape index (κ1) is 12.5. The summed E-state index contributed by atoms with van der Waals surface area (Å²) in [7, 11) is 0. The van der Waals surface area contributed by atoms with Gasteiger partial charge in [-0.1, -0.05) is 15.9 Å². The number of rotatable bonds is 3. The molecule has 0 aliphatic heterocycles. The summed E-state index contributed by atoms with van der Waals surface area (Å²) < 4.78 is 5.82. The van der Waals surface area contributed by atoms with Crippen LogP contribution in [-0.2, 0) is 0 Å². The molecule has 0 aliphatic rings. The minimum absolute atomic E-state index is 0.141. The molecule has 1 rings (SSSR count). The lowest BCUT2D eigenvalue weighted by atomic mass is 10.2. The minimum atomic E-state index is -0.724. The molecular formula is C10H9BrN2O3. The topological polar surface area (TPSA) is 76.2 Å². The molecule has 6 heteroatoms. The van der Waals surface area contributed by atoms with Crippen LogP contribution in [0.15, 0.2) is 16.6 Å². The van der Waals surface area contributed by atoms with Gasteiger partial charge >= 0.3 is 5.69 Å². The van der Waals surface area contributed by atoms with Crippen molar-refractivity contribution in [1.29, 1.82) is 5.26 Å². The molecule has 0 aromatic heterocycles. The van der Waals surface area contributed by atoms with Crippen LogP contribution in [0.25, 0.3) is 0 Å². The van der Waals surface area contributed by atoms with Gasteiger partial charge in [-0.3, -0.25) is 10.1 Å². The van der Waals surface area contributed by atoms with Crippen LogP contribution < -0.4 is 4.74 Å². The third kappa shape index (κ3) is 2.70. The van der Waals surface area contributed by atoms with Crippen molar-refractivity contribution in [3.63, 3.8) is 0 Å². The molecule has 0 N–H and O–H groups in total. The molecule has 0 heterocycles. The van der Waals surface area contributed by atoms with Gasteiger partial charge in [-0.05, 0) is 25.5 Å². The van der Waals surface area contributed by atoms with Crippen LogP contribution in [0.2, 0.25) is 0 Å². The molecule has 84 valence electrons. The summed E-state index contributed by atoms with van der Waals surface area (Å²) in [6, 6.07) is 4.92. The van der Waals surface area contributed by atoms with E-state index in [-0.39, 0.29) is 11.4 Å². The second-order valence-electron chi connectivity index (χ2n) is 3.22. The molecular weight excluding hydrogens is 276 g/mol. The Morgan fingerprint density at radius 3 is 2.75 bits per heavy atom. The van der Waals surface area contributed by atoms with Crippen molar-refractivity contribution >= 4 is 21.6 Å². The van der Waals surface area contributed by atoms with Crippen LogP contribution in [0.4, 0.5) is 5.69 Å². The zero-order valence-electron chi connectivity index (χ0n) is 8.73. The zero-order chi connectivity index (χ0) is 12.3. The van der Waals surface area contributed by atoms with Gasteiger partial charge in [0.15, 0.2) is 6.10 Å². The van der Waals surface area contributed by atoms with E-state index >= 15 is 0 Å². The van der Waals surface area contributed by atoms with Gasteiger partial charge in [0.25, 0.3) is 0 Å². The summed E-state index contributed by atoms with van der Waals surface area (Å²) in [6.45, 7) is 3.22. The van der Waals surface area contributed by atoms with Gasteiger partial charge in [0.2, 0.25) is 5.75 Å². The van der Waals surface area contributed by atoms with Crippen LogP contribution in [-0.4, -0.2) is 11.0 Å². The average Bonchev–Trinajstić information content (AvgIpc) is 2.20. The molecule has 0 saturated carbocycles. The number of nitro benzene ring substituents is 1. The van der Waals surface area contributed by atoms with Crippen molar-refractivity contribution in [2.24, 2.45) is 0 Å². The number of nitriles is 1. The summed E-state index contributed by atoms with van der Waals surface area (Å²) >= 11 is 3.17. The Hall–Kier alpha value is -1.61. The molecule has 0 spiro atoms. The smallest absolute Gasteiger partial charge is 0.312 e. The lowest BCUT2D eigenvalue weighted by Gasteiger charge is -2.11. The van der Waals surface area contributed by atoms with Crippen molar-refractivity contribution in [3.8, 4) is 11.8 Å². The first-order valence-corrected chi connectivity index (χ1v) is 5.25. The Bertz CT molecular complexity index is 468. The fraction of sp³-hybridized carbons (Fsp3) is 0.300. The number of halogens is 1. The molecule has 0 bridgehead atoms. The highest BCUT2D eigenvalue weighted by Crippen LogP contribution is 2.34.